The molecule has 0 aliphatic carbocycles. The molecule has 1 unspecified atom stereocenters. The minimum atomic E-state index is 0.420. The summed E-state index contributed by atoms with van der Waals surface area (Å²) >= 11 is 0. The number of aldehydes is 1. The zero-order valence-electron chi connectivity index (χ0n) is 8.10. The van der Waals surface area contributed by atoms with E-state index >= 15 is 0 Å². The van der Waals surface area contributed by atoms with Crippen LogP contribution >= 0.6 is 0 Å². The molecule has 1 aromatic heterocycles. The fraction of sp³-hybridized carbons (Fsp3) is 0.455. The van der Waals surface area contributed by atoms with Crippen LogP contribution in [-0.2, 0) is 4.79 Å². The first-order valence-electron chi connectivity index (χ1n) is 4.99. The van der Waals surface area contributed by atoms with Crippen molar-refractivity contribution in [3.63, 3.8) is 0 Å². The average Bonchev–Trinajstić information content (AvgIpc) is 2.68. The van der Waals surface area contributed by atoms with Crippen molar-refractivity contribution in [2.24, 2.45) is 0 Å². The van der Waals surface area contributed by atoms with Crippen LogP contribution < -0.4 is 0 Å². The largest absolute Gasteiger partial charge is 0.302 e. The Bertz CT molecular complexity index is 299. The number of carbonyl (C=O) groups is 1. The van der Waals surface area contributed by atoms with Crippen molar-refractivity contribution in [3.05, 3.63) is 30.1 Å². The molecule has 0 bridgehead atoms. The van der Waals surface area contributed by atoms with E-state index in [1.54, 1.807) is 0 Å². The number of aromatic nitrogens is 1. The molecule has 0 saturated carbocycles. The Balaban J connectivity index is 2.13. The van der Waals surface area contributed by atoms with Gasteiger partial charge in [0.25, 0.3) is 0 Å². The number of nitrogens with zero attached hydrogens (tertiary/aromatic N) is 2. The lowest BCUT2D eigenvalue weighted by Crippen LogP contribution is -2.25. The summed E-state index contributed by atoms with van der Waals surface area (Å²) in [5, 5.41) is 0. The van der Waals surface area contributed by atoms with Crippen LogP contribution in [0.4, 0.5) is 0 Å². The standard InChI is InChI=1S/C11H14N2O/c14-9-8-13-7-1-2-11(13)10-3-5-12-6-4-10/h3-6,9,11H,1-2,7-8H2. The quantitative estimate of drug-likeness (QED) is 0.676. The third kappa shape index (κ3) is 1.82. The molecule has 3 heteroatoms. The molecule has 3 nitrogen and oxygen atoms in total. The van der Waals surface area contributed by atoms with Crippen LogP contribution in [-0.4, -0.2) is 29.3 Å². The molecule has 0 N–H and O–H groups in total. The number of rotatable bonds is 3. The molecule has 1 aromatic rings. The van der Waals surface area contributed by atoms with Gasteiger partial charge in [-0.05, 0) is 37.1 Å². The molecule has 1 aliphatic rings. The van der Waals surface area contributed by atoms with E-state index < -0.39 is 0 Å². The molecular weight excluding hydrogens is 176 g/mol. The van der Waals surface area contributed by atoms with E-state index in [0.29, 0.717) is 12.6 Å². The van der Waals surface area contributed by atoms with Crippen LogP contribution in [0.3, 0.4) is 0 Å². The Morgan fingerprint density at radius 1 is 1.50 bits per heavy atom. The molecule has 14 heavy (non-hydrogen) atoms. The maximum atomic E-state index is 10.5. The van der Waals surface area contributed by atoms with Crippen molar-refractivity contribution >= 4 is 6.29 Å². The minimum Gasteiger partial charge on any atom is -0.302 e. The van der Waals surface area contributed by atoms with Gasteiger partial charge in [-0.2, -0.15) is 0 Å². The van der Waals surface area contributed by atoms with Crippen LogP contribution in [0, 0.1) is 0 Å². The van der Waals surface area contributed by atoms with Gasteiger partial charge >= 0.3 is 0 Å². The second kappa shape index (κ2) is 4.33. The van der Waals surface area contributed by atoms with Crippen LogP contribution in [0.5, 0.6) is 0 Å². The summed E-state index contributed by atoms with van der Waals surface area (Å²) in [6.45, 7) is 1.58. The highest BCUT2D eigenvalue weighted by molar-refractivity contribution is 5.52. The first kappa shape index (κ1) is 9.34. The summed E-state index contributed by atoms with van der Waals surface area (Å²) in [6, 6.07) is 4.49. The summed E-state index contributed by atoms with van der Waals surface area (Å²) in [5.74, 6) is 0. The first-order valence-corrected chi connectivity index (χ1v) is 4.99. The molecule has 1 aliphatic heterocycles. The zero-order chi connectivity index (χ0) is 9.80. The van der Waals surface area contributed by atoms with E-state index in [2.05, 4.69) is 9.88 Å². The van der Waals surface area contributed by atoms with Crippen LogP contribution in [0.2, 0.25) is 0 Å². The first-order chi connectivity index (χ1) is 6.92. The highest BCUT2D eigenvalue weighted by Crippen LogP contribution is 2.30. The van der Waals surface area contributed by atoms with Gasteiger partial charge in [0, 0.05) is 18.4 Å². The summed E-state index contributed by atoms with van der Waals surface area (Å²) in [6.07, 6.45) is 6.94. The van der Waals surface area contributed by atoms with Gasteiger partial charge in [0.05, 0.1) is 6.54 Å². The van der Waals surface area contributed by atoms with Crippen molar-refractivity contribution in [2.75, 3.05) is 13.1 Å². The van der Waals surface area contributed by atoms with Crippen LogP contribution in [0.1, 0.15) is 24.4 Å². The fourth-order valence-corrected chi connectivity index (χ4v) is 2.10. The Hall–Kier alpha value is -1.22. The molecule has 0 spiro atoms. The van der Waals surface area contributed by atoms with Gasteiger partial charge in [-0.1, -0.05) is 0 Å². The summed E-state index contributed by atoms with van der Waals surface area (Å²) in [4.78, 5) is 16.7. The maximum Gasteiger partial charge on any atom is 0.134 e. The van der Waals surface area contributed by atoms with E-state index in [1.807, 2.05) is 24.5 Å². The summed E-state index contributed by atoms with van der Waals surface area (Å²) < 4.78 is 0. The second-order valence-corrected chi connectivity index (χ2v) is 3.60. The Morgan fingerprint density at radius 3 is 3.00 bits per heavy atom. The lowest BCUT2D eigenvalue weighted by Gasteiger charge is -2.21. The van der Waals surface area contributed by atoms with Gasteiger partial charge in [0.1, 0.15) is 6.29 Å². The SMILES string of the molecule is O=CCN1CCCC1c1ccncc1. The van der Waals surface area contributed by atoms with E-state index in [4.69, 9.17) is 0 Å². The predicted octanol–water partition coefficient (Wildman–Crippen LogP) is 1.42. The molecule has 2 rings (SSSR count). The number of hydrogen-bond donors (Lipinski definition) is 0. The fourth-order valence-electron chi connectivity index (χ4n) is 2.10. The number of carbonyl (C=O) groups excluding carboxylic acids is 1. The molecule has 74 valence electrons. The highest BCUT2D eigenvalue weighted by Gasteiger charge is 2.24. The van der Waals surface area contributed by atoms with Gasteiger partial charge in [-0.25, -0.2) is 0 Å². The summed E-state index contributed by atoms with van der Waals surface area (Å²) in [5.41, 5.74) is 1.28. The molecule has 1 saturated heterocycles. The molecule has 1 atom stereocenters. The predicted molar refractivity (Wildman–Crippen MR) is 53.8 cm³/mol. The Labute approximate surface area is 83.8 Å². The smallest absolute Gasteiger partial charge is 0.134 e. The number of pyridine rings is 1. The topological polar surface area (TPSA) is 33.2 Å². The Kier molecular flexibility index (Phi) is 2.89. The lowest BCUT2D eigenvalue weighted by atomic mass is 10.1. The van der Waals surface area contributed by atoms with Gasteiger partial charge in [-0.15, -0.1) is 0 Å². The molecule has 1 fully saturated rings. The molecular formula is C11H14N2O. The molecule has 0 aromatic carbocycles. The van der Waals surface area contributed by atoms with Crippen LogP contribution in [0.25, 0.3) is 0 Å². The minimum absolute atomic E-state index is 0.420. The second-order valence-electron chi connectivity index (χ2n) is 3.60. The highest BCUT2D eigenvalue weighted by atomic mass is 16.1. The van der Waals surface area contributed by atoms with E-state index in [1.165, 1.54) is 12.0 Å². The van der Waals surface area contributed by atoms with Crippen molar-refractivity contribution in [3.8, 4) is 0 Å². The number of likely N-dealkylation sites (tertiary alicyclic amines) is 1. The van der Waals surface area contributed by atoms with Gasteiger partial charge in [0.15, 0.2) is 0 Å². The van der Waals surface area contributed by atoms with Crippen LogP contribution in [0.15, 0.2) is 24.5 Å². The molecule has 0 amide bonds. The normalized spacial score (nSPS) is 22.4. The Morgan fingerprint density at radius 2 is 2.29 bits per heavy atom. The van der Waals surface area contributed by atoms with Gasteiger partial charge < -0.3 is 4.79 Å². The van der Waals surface area contributed by atoms with Gasteiger partial charge in [0.2, 0.25) is 0 Å². The van der Waals surface area contributed by atoms with Gasteiger partial charge in [-0.3, -0.25) is 9.88 Å². The van der Waals surface area contributed by atoms with E-state index in [0.717, 1.165) is 19.3 Å². The lowest BCUT2D eigenvalue weighted by molar-refractivity contribution is -0.109. The third-order valence-corrected chi connectivity index (χ3v) is 2.76. The maximum absolute atomic E-state index is 10.5. The number of hydrogen-bond acceptors (Lipinski definition) is 3. The van der Waals surface area contributed by atoms with Crippen molar-refractivity contribution in [1.29, 1.82) is 0 Å². The molecule has 0 radical (unpaired) electrons. The monoisotopic (exact) mass is 190 g/mol. The zero-order valence-corrected chi connectivity index (χ0v) is 8.10. The van der Waals surface area contributed by atoms with Crippen molar-refractivity contribution < 1.29 is 4.79 Å². The van der Waals surface area contributed by atoms with Crippen molar-refractivity contribution in [2.45, 2.75) is 18.9 Å². The summed E-state index contributed by atoms with van der Waals surface area (Å²) in [7, 11) is 0. The average molecular weight is 190 g/mol. The van der Waals surface area contributed by atoms with E-state index in [9.17, 15) is 4.79 Å². The molecule has 2 heterocycles. The van der Waals surface area contributed by atoms with E-state index in [-0.39, 0.29) is 0 Å². The van der Waals surface area contributed by atoms with Crippen molar-refractivity contribution in [1.82, 2.24) is 9.88 Å². The third-order valence-electron chi connectivity index (χ3n) is 2.76.